The van der Waals surface area contributed by atoms with Crippen molar-refractivity contribution in [3.05, 3.63) is 32.9 Å². The zero-order chi connectivity index (χ0) is 31.6. The second kappa shape index (κ2) is 13.4. The lowest BCUT2D eigenvalue weighted by Crippen LogP contribution is -2.54. The number of hydrogen-bond donors (Lipinski definition) is 4. The SMILES string of the molecule is CC(C)OC(=O)[C@H](C)N([C@@H](C)C(=O)OC(C)C)P(N)(=S)OC[C@@]1(C(F)F)O[C@@H](n2cc(F)c(=O)[nH]c2=O)[C@H](O)[C@@H]1O. The molecule has 1 fully saturated rings. The van der Waals surface area contributed by atoms with Crippen LogP contribution in [0.15, 0.2) is 15.8 Å². The number of halogens is 3. The van der Waals surface area contributed by atoms with Crippen molar-refractivity contribution in [1.82, 2.24) is 14.2 Å². The standard InChI is InChI=1S/C22H34F3N4O10PS/c1-9(2)37-18(33)11(5)29(12(6)19(34)38-10(3)4)40(26,41)36-8-22(20(24)25)15(31)14(30)17(39-22)28-7-13(23)16(32)27-21(28)35/h7,9-12,14-15,17,20,30-31H,8H2,1-6H3,(H2,26,41)(H,27,32,35)/t11-,12-,14+,15-,17+,22+,40?/m0/s1. The molecule has 0 aliphatic carbocycles. The number of ether oxygens (including phenoxy) is 3. The maximum atomic E-state index is 14.5. The Hall–Kier alpha value is -2.18. The molecule has 14 nitrogen and oxygen atoms in total. The van der Waals surface area contributed by atoms with Crippen molar-refractivity contribution in [2.75, 3.05) is 6.61 Å². The van der Waals surface area contributed by atoms with Gasteiger partial charge in [-0.2, -0.15) is 4.39 Å². The molecule has 2 rings (SSSR count). The van der Waals surface area contributed by atoms with Crippen LogP contribution in [-0.4, -0.2) is 91.5 Å². The summed E-state index contributed by atoms with van der Waals surface area (Å²) in [4.78, 5) is 50.6. The van der Waals surface area contributed by atoms with E-state index in [-0.39, 0.29) is 4.57 Å². The van der Waals surface area contributed by atoms with Crippen LogP contribution in [0.2, 0.25) is 0 Å². The Labute approximate surface area is 237 Å². The van der Waals surface area contributed by atoms with Crippen LogP contribution >= 0.6 is 6.57 Å². The van der Waals surface area contributed by atoms with E-state index in [1.807, 2.05) is 0 Å². The lowest BCUT2D eigenvalue weighted by molar-refractivity contribution is -0.192. The first-order valence-corrected chi connectivity index (χ1v) is 15.1. The molecule has 0 aromatic carbocycles. The van der Waals surface area contributed by atoms with E-state index in [0.29, 0.717) is 6.20 Å². The first-order chi connectivity index (χ1) is 18.8. The third-order valence-corrected chi connectivity index (χ3v) is 8.72. The second-order valence-corrected chi connectivity index (χ2v) is 13.3. The number of aromatic nitrogens is 2. The number of nitrogens with zero attached hydrogens (tertiary/aromatic N) is 2. The largest absolute Gasteiger partial charge is 0.462 e. The van der Waals surface area contributed by atoms with Gasteiger partial charge in [-0.3, -0.25) is 29.4 Å². The van der Waals surface area contributed by atoms with E-state index in [0.717, 1.165) is 4.67 Å². The number of rotatable bonds is 12. The highest BCUT2D eigenvalue weighted by Crippen LogP contribution is 2.50. The first kappa shape index (κ1) is 35.0. The Morgan fingerprint density at radius 2 is 1.63 bits per heavy atom. The van der Waals surface area contributed by atoms with E-state index in [2.05, 4.69) is 0 Å². The van der Waals surface area contributed by atoms with Crippen LogP contribution in [0.5, 0.6) is 0 Å². The molecule has 41 heavy (non-hydrogen) atoms. The van der Waals surface area contributed by atoms with E-state index >= 15 is 0 Å². The number of carbonyl (C=O) groups is 2. The number of hydrogen-bond acceptors (Lipinski definition) is 11. The maximum absolute atomic E-state index is 14.5. The van der Waals surface area contributed by atoms with E-state index in [4.69, 9.17) is 36.0 Å². The van der Waals surface area contributed by atoms with Gasteiger partial charge in [0.25, 0.3) is 12.0 Å². The van der Waals surface area contributed by atoms with Gasteiger partial charge in [0.2, 0.25) is 5.82 Å². The average Bonchev–Trinajstić information content (AvgIpc) is 3.10. The van der Waals surface area contributed by atoms with Crippen LogP contribution in [0.25, 0.3) is 0 Å². The summed E-state index contributed by atoms with van der Waals surface area (Å²) in [6, 6.07) is -2.69. The molecule has 1 aromatic rings. The molecule has 1 saturated heterocycles. The van der Waals surface area contributed by atoms with Crippen LogP contribution in [0.1, 0.15) is 47.8 Å². The summed E-state index contributed by atoms with van der Waals surface area (Å²) in [6.45, 7) is 3.40. The Kier molecular flexibility index (Phi) is 11.5. The quantitative estimate of drug-likeness (QED) is 0.179. The molecule has 0 saturated carbocycles. The molecule has 19 heteroatoms. The zero-order valence-electron chi connectivity index (χ0n) is 23.0. The molecule has 2 heterocycles. The fraction of sp³-hybridized carbons (Fsp3) is 0.727. The fourth-order valence-corrected chi connectivity index (χ4v) is 6.68. The Balaban J connectivity index is 2.47. The molecule has 1 aliphatic heterocycles. The third kappa shape index (κ3) is 7.62. The van der Waals surface area contributed by atoms with E-state index < -0.39 is 96.9 Å². The lowest BCUT2D eigenvalue weighted by atomic mass is 9.96. The highest BCUT2D eigenvalue weighted by molar-refractivity contribution is 8.10. The van der Waals surface area contributed by atoms with Crippen molar-refractivity contribution in [2.24, 2.45) is 5.50 Å². The molecule has 1 aliphatic rings. The number of aliphatic hydroxyl groups excluding tert-OH is 2. The molecule has 0 bridgehead atoms. The van der Waals surface area contributed by atoms with Crippen LogP contribution in [0.3, 0.4) is 0 Å². The predicted molar refractivity (Wildman–Crippen MR) is 140 cm³/mol. The minimum Gasteiger partial charge on any atom is -0.462 e. The minimum absolute atomic E-state index is 0.271. The molecular formula is C22H34F3N4O10PS. The van der Waals surface area contributed by atoms with Gasteiger partial charge in [0.1, 0.15) is 24.3 Å². The van der Waals surface area contributed by atoms with Gasteiger partial charge in [-0.05, 0) is 53.3 Å². The summed E-state index contributed by atoms with van der Waals surface area (Å²) in [6.07, 6.45) is -11.3. The van der Waals surface area contributed by atoms with E-state index in [1.54, 1.807) is 32.7 Å². The number of alkyl halides is 2. The van der Waals surface area contributed by atoms with Crippen LogP contribution in [0, 0.1) is 5.82 Å². The fourth-order valence-electron chi connectivity index (χ4n) is 4.00. The minimum atomic E-state index is -4.12. The summed E-state index contributed by atoms with van der Waals surface area (Å²) >= 11 is 5.38. The highest BCUT2D eigenvalue weighted by atomic mass is 32.4. The van der Waals surface area contributed by atoms with Crippen molar-refractivity contribution >= 4 is 30.3 Å². The van der Waals surface area contributed by atoms with Crippen LogP contribution in [-0.2, 0) is 40.1 Å². The molecule has 0 radical (unpaired) electrons. The summed E-state index contributed by atoms with van der Waals surface area (Å²) in [5.74, 6) is -3.25. The molecule has 7 atom stereocenters. The molecule has 1 aromatic heterocycles. The summed E-state index contributed by atoms with van der Waals surface area (Å²) in [5.41, 5.74) is 0.415. The highest BCUT2D eigenvalue weighted by Gasteiger charge is 2.61. The van der Waals surface area contributed by atoms with Crippen molar-refractivity contribution in [3.63, 3.8) is 0 Å². The van der Waals surface area contributed by atoms with Gasteiger partial charge in [-0.1, -0.05) is 0 Å². The Morgan fingerprint density at radius 3 is 2.07 bits per heavy atom. The number of aliphatic hydroxyl groups is 2. The number of H-pyrrole nitrogens is 1. The molecule has 234 valence electrons. The summed E-state index contributed by atoms with van der Waals surface area (Å²) in [5, 5.41) is 21.1. The molecule has 0 spiro atoms. The van der Waals surface area contributed by atoms with Gasteiger partial charge < -0.3 is 28.9 Å². The Morgan fingerprint density at radius 1 is 1.15 bits per heavy atom. The summed E-state index contributed by atoms with van der Waals surface area (Å²) < 4.78 is 65.0. The van der Waals surface area contributed by atoms with Crippen LogP contribution < -0.4 is 16.8 Å². The van der Waals surface area contributed by atoms with Gasteiger partial charge in [-0.15, -0.1) is 0 Å². The summed E-state index contributed by atoms with van der Waals surface area (Å²) in [7, 11) is 0. The van der Waals surface area contributed by atoms with E-state index in [9.17, 15) is 42.6 Å². The van der Waals surface area contributed by atoms with Crippen LogP contribution in [0.4, 0.5) is 13.2 Å². The third-order valence-electron chi connectivity index (χ3n) is 6.00. The molecule has 5 N–H and O–H groups in total. The number of esters is 2. The molecular weight excluding hydrogens is 600 g/mol. The van der Waals surface area contributed by atoms with Crippen molar-refractivity contribution < 1.29 is 51.7 Å². The number of nitrogens with one attached hydrogen (secondary N) is 1. The topological polar surface area (TPSA) is 196 Å². The van der Waals surface area contributed by atoms with Crippen molar-refractivity contribution in [2.45, 2.75) is 96.3 Å². The van der Waals surface area contributed by atoms with Gasteiger partial charge in [0.15, 0.2) is 18.4 Å². The van der Waals surface area contributed by atoms with Gasteiger partial charge in [-0.25, -0.2) is 18.2 Å². The van der Waals surface area contributed by atoms with Gasteiger partial charge >= 0.3 is 17.6 Å². The van der Waals surface area contributed by atoms with Gasteiger partial charge in [0.05, 0.1) is 25.0 Å². The predicted octanol–water partition coefficient (Wildman–Crippen LogP) is 0.112. The smallest absolute Gasteiger partial charge is 0.330 e. The number of aromatic amines is 1. The zero-order valence-corrected chi connectivity index (χ0v) is 24.7. The average molecular weight is 635 g/mol. The lowest BCUT2D eigenvalue weighted by Gasteiger charge is -2.40. The number of nitrogens with two attached hydrogens (primary N) is 1. The van der Waals surface area contributed by atoms with Crippen molar-refractivity contribution in [3.8, 4) is 0 Å². The normalized spacial score (nSPS) is 25.9. The Bertz CT molecular complexity index is 1250. The first-order valence-electron chi connectivity index (χ1n) is 12.3. The maximum Gasteiger partial charge on any atom is 0.330 e. The van der Waals surface area contributed by atoms with Crippen molar-refractivity contribution in [1.29, 1.82) is 0 Å². The monoisotopic (exact) mass is 634 g/mol. The van der Waals surface area contributed by atoms with Gasteiger partial charge in [0, 0.05) is 0 Å². The second-order valence-electron chi connectivity index (χ2n) is 9.88. The van der Waals surface area contributed by atoms with E-state index in [1.165, 1.54) is 13.8 Å². The number of carbonyl (C=O) groups excluding carboxylic acids is 2. The molecule has 1 unspecified atom stereocenters. The molecule has 0 amide bonds.